The molecule has 2 aromatic heterocycles. The minimum Gasteiger partial charge on any atom is -0.485 e. The van der Waals surface area contributed by atoms with Crippen LogP contribution in [0, 0.1) is 12.7 Å². The van der Waals surface area contributed by atoms with Crippen molar-refractivity contribution in [2.45, 2.75) is 32.2 Å². The first-order valence-electron chi connectivity index (χ1n) is 14.7. The van der Waals surface area contributed by atoms with Crippen molar-refractivity contribution < 1.29 is 37.0 Å². The quantitative estimate of drug-likeness (QED) is 0.149. The summed E-state index contributed by atoms with van der Waals surface area (Å²) in [5.41, 5.74) is 8.22. The number of hydrogen-bond donors (Lipinski definition) is 2. The van der Waals surface area contributed by atoms with Gasteiger partial charge in [-0.15, -0.1) is 0 Å². The van der Waals surface area contributed by atoms with Crippen LogP contribution in [0.3, 0.4) is 0 Å². The molecule has 2 aliphatic heterocycles. The van der Waals surface area contributed by atoms with Crippen molar-refractivity contribution in [2.24, 2.45) is 0 Å². The Labute approximate surface area is 265 Å². The van der Waals surface area contributed by atoms with Crippen LogP contribution in [0.25, 0.3) is 16.6 Å². The van der Waals surface area contributed by atoms with Crippen LogP contribution in [0.2, 0.25) is 0 Å². The Morgan fingerprint density at radius 1 is 1.09 bits per heavy atom. The second kappa shape index (κ2) is 11.5. The number of amides is 3. The molecule has 3 amide bonds. The maximum Gasteiger partial charge on any atom is 0.332 e. The van der Waals surface area contributed by atoms with E-state index >= 15 is 0 Å². The number of aryl methyl sites for hydroxylation is 1. The molecule has 47 heavy (non-hydrogen) atoms. The molecule has 2 fully saturated rings. The van der Waals surface area contributed by atoms with Gasteiger partial charge in [0.05, 0.1) is 28.8 Å². The highest BCUT2D eigenvalue weighted by atomic mass is 19.3. The number of fused-ring (bicyclic) bond motifs is 2. The number of benzene rings is 3. The van der Waals surface area contributed by atoms with Crippen LogP contribution >= 0.6 is 0 Å². The normalized spacial score (nSPS) is 16.1. The molecule has 0 radical (unpaired) electrons. The number of aromatic nitrogens is 3. The Bertz CT molecular complexity index is 2050. The summed E-state index contributed by atoms with van der Waals surface area (Å²) < 4.78 is 52.7. The fourth-order valence-corrected chi connectivity index (χ4v) is 6.01. The smallest absolute Gasteiger partial charge is 0.332 e. The summed E-state index contributed by atoms with van der Waals surface area (Å²) in [6.07, 6.45) is -0.268. The number of aromatic amines is 1. The third kappa shape index (κ3) is 5.20. The zero-order chi connectivity index (χ0) is 33.0. The van der Waals surface area contributed by atoms with E-state index in [2.05, 4.69) is 10.1 Å². The summed E-state index contributed by atoms with van der Waals surface area (Å²) in [5.74, 6) is -1.05. The fraction of sp³-hybridized carbons (Fsp3) is 0.212. The lowest BCUT2D eigenvalue weighted by Gasteiger charge is -2.19. The number of ether oxygens (including phenoxy) is 2. The molecule has 0 aliphatic carbocycles. The lowest BCUT2D eigenvalue weighted by molar-refractivity contribution is -0.119. The van der Waals surface area contributed by atoms with Gasteiger partial charge in [0.1, 0.15) is 30.0 Å². The second-order valence-corrected chi connectivity index (χ2v) is 11.3. The highest BCUT2D eigenvalue weighted by molar-refractivity contribution is 6.23. The number of carbonyl (C=O) groups is 3. The molecule has 2 aliphatic rings. The van der Waals surface area contributed by atoms with Gasteiger partial charge in [-0.1, -0.05) is 12.1 Å². The van der Waals surface area contributed by atoms with Gasteiger partial charge in [0.25, 0.3) is 12.3 Å². The predicted molar refractivity (Wildman–Crippen MR) is 165 cm³/mol. The van der Waals surface area contributed by atoms with E-state index in [0.717, 1.165) is 4.90 Å². The number of H-pyrrole nitrogens is 1. The summed E-state index contributed by atoms with van der Waals surface area (Å²) in [7, 11) is 0. The Kier molecular flexibility index (Phi) is 7.34. The number of alkyl halides is 2. The zero-order valence-electron chi connectivity index (χ0n) is 24.9. The van der Waals surface area contributed by atoms with Crippen LogP contribution < -0.4 is 20.1 Å². The number of imide groups is 1. The maximum atomic E-state index is 14.1. The van der Waals surface area contributed by atoms with E-state index < -0.39 is 42.6 Å². The van der Waals surface area contributed by atoms with Gasteiger partial charge in [-0.25, -0.2) is 27.5 Å². The van der Waals surface area contributed by atoms with Crippen LogP contribution in [0.4, 0.5) is 29.5 Å². The Hall–Kier alpha value is -5.79. The van der Waals surface area contributed by atoms with E-state index in [4.69, 9.17) is 15.2 Å². The van der Waals surface area contributed by atoms with E-state index in [1.165, 1.54) is 46.1 Å². The molecule has 1 atom stereocenters. The van der Waals surface area contributed by atoms with Gasteiger partial charge < -0.3 is 25.1 Å². The summed E-state index contributed by atoms with van der Waals surface area (Å²) in [6.45, 7) is 1.25. The average Bonchev–Trinajstić information content (AvgIpc) is 3.82. The molecule has 0 saturated carbocycles. The van der Waals surface area contributed by atoms with E-state index in [9.17, 15) is 27.6 Å². The number of ketones is 1. The predicted octanol–water partition coefficient (Wildman–Crippen LogP) is 5.98. The highest BCUT2D eigenvalue weighted by Crippen LogP contribution is 2.40. The number of nitrogens with zero attached hydrogens (tertiary/aromatic N) is 4. The first kappa shape index (κ1) is 29.9. The molecular weight excluding hydrogens is 617 g/mol. The van der Waals surface area contributed by atoms with Crippen molar-refractivity contribution in [3.63, 3.8) is 0 Å². The van der Waals surface area contributed by atoms with Crippen LogP contribution in [-0.2, 0) is 4.79 Å². The number of urea groups is 1. The lowest BCUT2D eigenvalue weighted by atomic mass is 10.1. The van der Waals surface area contributed by atoms with Crippen molar-refractivity contribution >= 4 is 40.1 Å². The lowest BCUT2D eigenvalue weighted by Crippen LogP contribution is -2.33. The number of halogens is 3. The van der Waals surface area contributed by atoms with Crippen molar-refractivity contribution in [3.05, 3.63) is 89.5 Å². The maximum absolute atomic E-state index is 14.1. The summed E-state index contributed by atoms with van der Waals surface area (Å²) in [4.78, 5) is 45.4. The summed E-state index contributed by atoms with van der Waals surface area (Å²) in [5, 5.41) is 4.74. The standard InChI is InChI=1S/C33H27F3N6O5/c1-17-11-19(47-27-7-3-2-5-21(27)34)8-9-24(17)42-31(37)20(15-38-42)30(43)23-12-18-13-28(46-16-29(35)36)26(14-22(18)39-23)41-32(44)25-6-4-10-40(25)33(41)45/h2-3,5,7-9,11-15,25,29,39H,4,6,10,16,37H2,1H3/t25-/m0/s1. The molecule has 7 rings (SSSR count). The van der Waals surface area contributed by atoms with E-state index in [-0.39, 0.29) is 34.3 Å². The van der Waals surface area contributed by atoms with Crippen LogP contribution in [-0.4, -0.2) is 63.0 Å². The molecule has 3 N–H and O–H groups in total. The second-order valence-electron chi connectivity index (χ2n) is 11.3. The number of nitrogens with two attached hydrogens (primary N) is 1. The van der Waals surface area contributed by atoms with E-state index in [1.54, 1.807) is 37.3 Å². The number of carbonyl (C=O) groups excluding carboxylic acids is 3. The van der Waals surface area contributed by atoms with E-state index in [0.29, 0.717) is 47.3 Å². The molecule has 2 saturated heterocycles. The molecule has 0 unspecified atom stereocenters. The minimum absolute atomic E-state index is 0.00800. The molecule has 14 heteroatoms. The molecule has 0 spiro atoms. The van der Waals surface area contributed by atoms with Crippen molar-refractivity contribution in [1.82, 2.24) is 19.7 Å². The molecule has 0 bridgehead atoms. The highest BCUT2D eigenvalue weighted by Gasteiger charge is 2.49. The monoisotopic (exact) mass is 644 g/mol. The Morgan fingerprint density at radius 3 is 2.64 bits per heavy atom. The first-order valence-corrected chi connectivity index (χ1v) is 14.7. The third-order valence-corrected chi connectivity index (χ3v) is 8.26. The number of para-hydroxylation sites is 1. The van der Waals surface area contributed by atoms with Gasteiger partial charge in [-0.05, 0) is 73.9 Å². The van der Waals surface area contributed by atoms with Gasteiger partial charge in [0.15, 0.2) is 11.6 Å². The van der Waals surface area contributed by atoms with Gasteiger partial charge in [0.2, 0.25) is 5.78 Å². The average molecular weight is 645 g/mol. The number of anilines is 2. The third-order valence-electron chi connectivity index (χ3n) is 8.26. The molecule has 3 aromatic carbocycles. The van der Waals surface area contributed by atoms with Crippen molar-refractivity contribution in [1.29, 1.82) is 0 Å². The zero-order valence-corrected chi connectivity index (χ0v) is 24.9. The van der Waals surface area contributed by atoms with Gasteiger partial charge in [-0.3, -0.25) is 9.59 Å². The number of rotatable bonds is 9. The molecular formula is C33H27F3N6O5. The molecule has 11 nitrogen and oxygen atoms in total. The Morgan fingerprint density at radius 2 is 1.89 bits per heavy atom. The minimum atomic E-state index is -2.80. The topological polar surface area (TPSA) is 136 Å². The van der Waals surface area contributed by atoms with E-state index in [1.807, 2.05) is 0 Å². The van der Waals surface area contributed by atoms with Crippen LogP contribution in [0.15, 0.2) is 66.9 Å². The van der Waals surface area contributed by atoms with Crippen molar-refractivity contribution in [3.8, 4) is 22.9 Å². The van der Waals surface area contributed by atoms with Crippen LogP contribution in [0.1, 0.15) is 34.5 Å². The largest absolute Gasteiger partial charge is 0.485 e. The number of nitrogen functional groups attached to an aromatic ring is 1. The SMILES string of the molecule is Cc1cc(Oc2ccccc2F)ccc1-n1ncc(C(=O)c2cc3cc(OCC(F)F)c(N4C(=O)[C@@H]5CCCN5C4=O)cc3[nH]2)c1N. The summed E-state index contributed by atoms with van der Waals surface area (Å²) in [6, 6.07) is 14.2. The van der Waals surface area contributed by atoms with Gasteiger partial charge in [-0.2, -0.15) is 5.10 Å². The van der Waals surface area contributed by atoms with Crippen molar-refractivity contribution in [2.75, 3.05) is 23.8 Å². The Balaban J connectivity index is 1.19. The fourth-order valence-electron chi connectivity index (χ4n) is 6.01. The first-order chi connectivity index (χ1) is 22.6. The van der Waals surface area contributed by atoms with Gasteiger partial charge in [0, 0.05) is 17.4 Å². The number of hydrogen-bond acceptors (Lipinski definition) is 7. The summed E-state index contributed by atoms with van der Waals surface area (Å²) >= 11 is 0. The molecule has 5 aromatic rings. The molecule has 240 valence electrons. The van der Waals surface area contributed by atoms with Crippen LogP contribution in [0.5, 0.6) is 17.2 Å². The van der Waals surface area contributed by atoms with Gasteiger partial charge >= 0.3 is 6.03 Å². The molecule has 4 heterocycles. The number of nitrogens with one attached hydrogen (secondary N) is 1.